The number of fused-ring (bicyclic) bond motifs is 3. The number of para-hydroxylation sites is 1. The second kappa shape index (κ2) is 6.81. The van der Waals surface area contributed by atoms with Crippen LogP contribution in [0.5, 0.6) is 0 Å². The van der Waals surface area contributed by atoms with Crippen LogP contribution in [0.4, 0.5) is 5.69 Å². The molecule has 2 aliphatic rings. The third kappa shape index (κ3) is 3.01. The molecule has 0 saturated heterocycles. The van der Waals surface area contributed by atoms with Gasteiger partial charge >= 0.3 is 0 Å². The Bertz CT molecular complexity index is 857. The van der Waals surface area contributed by atoms with Crippen molar-refractivity contribution in [3.8, 4) is 0 Å². The Morgan fingerprint density at radius 1 is 1.19 bits per heavy atom. The molecule has 0 bridgehead atoms. The highest BCUT2D eigenvalue weighted by molar-refractivity contribution is 6.30. The Morgan fingerprint density at radius 2 is 1.96 bits per heavy atom. The lowest BCUT2D eigenvalue weighted by Gasteiger charge is -2.38. The number of carbonyl (C=O) groups excluding carboxylic acids is 1. The minimum atomic E-state index is -0.0281. The molecule has 4 heteroatoms. The van der Waals surface area contributed by atoms with Gasteiger partial charge in [0.15, 0.2) is 0 Å². The van der Waals surface area contributed by atoms with Crippen LogP contribution < -0.4 is 10.6 Å². The van der Waals surface area contributed by atoms with E-state index in [0.29, 0.717) is 17.4 Å². The summed E-state index contributed by atoms with van der Waals surface area (Å²) in [6.45, 7) is 3.96. The van der Waals surface area contributed by atoms with Crippen LogP contribution in [-0.2, 0) is 0 Å². The monoisotopic (exact) mass is 366 g/mol. The van der Waals surface area contributed by atoms with Crippen LogP contribution in [0.1, 0.15) is 53.7 Å². The number of allylic oxidation sites excluding steroid dienone is 2. The highest BCUT2D eigenvalue weighted by atomic mass is 35.5. The average molecular weight is 367 g/mol. The largest absolute Gasteiger partial charge is 0.377 e. The van der Waals surface area contributed by atoms with Crippen molar-refractivity contribution in [3.05, 3.63) is 76.3 Å². The molecular weight excluding hydrogens is 344 g/mol. The highest BCUT2D eigenvalue weighted by Gasteiger charge is 2.39. The van der Waals surface area contributed by atoms with E-state index in [4.69, 9.17) is 11.6 Å². The van der Waals surface area contributed by atoms with Gasteiger partial charge in [-0.3, -0.25) is 4.79 Å². The number of carbonyl (C=O) groups is 1. The first-order valence-corrected chi connectivity index (χ1v) is 9.55. The third-order valence-corrected chi connectivity index (χ3v) is 5.54. The summed E-state index contributed by atoms with van der Waals surface area (Å²) in [7, 11) is 0. The van der Waals surface area contributed by atoms with Crippen molar-refractivity contribution in [2.45, 2.75) is 38.3 Å². The molecule has 2 aromatic carbocycles. The van der Waals surface area contributed by atoms with Gasteiger partial charge in [0.25, 0.3) is 5.91 Å². The van der Waals surface area contributed by atoms with Crippen LogP contribution in [0, 0.1) is 5.92 Å². The normalized spacial score (nSPS) is 23.3. The number of nitrogens with one attached hydrogen (secondary N) is 2. The summed E-state index contributed by atoms with van der Waals surface area (Å²) < 4.78 is 0. The Hall–Kier alpha value is -2.26. The minimum Gasteiger partial charge on any atom is -0.377 e. The van der Waals surface area contributed by atoms with Crippen LogP contribution in [0.25, 0.3) is 0 Å². The van der Waals surface area contributed by atoms with Gasteiger partial charge in [-0.15, -0.1) is 0 Å². The molecule has 3 atom stereocenters. The summed E-state index contributed by atoms with van der Waals surface area (Å²) >= 11 is 6.07. The number of benzene rings is 2. The molecular formula is C22H23ClN2O. The van der Waals surface area contributed by atoms with Gasteiger partial charge < -0.3 is 10.6 Å². The van der Waals surface area contributed by atoms with Crippen molar-refractivity contribution >= 4 is 23.2 Å². The molecule has 26 heavy (non-hydrogen) atoms. The molecule has 1 amide bonds. The summed E-state index contributed by atoms with van der Waals surface area (Å²) in [6, 6.07) is 14.3. The quantitative estimate of drug-likeness (QED) is 0.723. The SMILES string of the molecule is CC(C)NC(=O)c1cccc2c1NC(c1ccc(Cl)cc1)C1CC=CC21. The zero-order valence-corrected chi connectivity index (χ0v) is 15.8. The molecule has 134 valence electrons. The fraction of sp³-hybridized carbons (Fsp3) is 0.318. The molecule has 1 heterocycles. The molecule has 2 aromatic rings. The third-order valence-electron chi connectivity index (χ3n) is 5.29. The van der Waals surface area contributed by atoms with Gasteiger partial charge in [-0.1, -0.05) is 48.0 Å². The zero-order valence-electron chi connectivity index (χ0n) is 15.0. The van der Waals surface area contributed by atoms with Gasteiger partial charge in [0, 0.05) is 17.0 Å². The molecule has 4 rings (SSSR count). The maximum atomic E-state index is 12.7. The maximum Gasteiger partial charge on any atom is 0.253 e. The van der Waals surface area contributed by atoms with E-state index in [1.54, 1.807) is 0 Å². The summed E-state index contributed by atoms with van der Waals surface area (Å²) in [5.74, 6) is 0.755. The lowest BCUT2D eigenvalue weighted by molar-refractivity contribution is 0.0943. The van der Waals surface area contributed by atoms with E-state index in [9.17, 15) is 4.79 Å². The van der Waals surface area contributed by atoms with Crippen molar-refractivity contribution in [2.24, 2.45) is 5.92 Å². The number of halogens is 1. The van der Waals surface area contributed by atoms with Crippen LogP contribution in [0.2, 0.25) is 5.02 Å². The lowest BCUT2D eigenvalue weighted by Crippen LogP contribution is -2.34. The van der Waals surface area contributed by atoms with E-state index in [0.717, 1.165) is 17.1 Å². The molecule has 3 unspecified atom stereocenters. The first-order chi connectivity index (χ1) is 12.5. The minimum absolute atomic E-state index is 0.0281. The zero-order chi connectivity index (χ0) is 18.3. The Labute approximate surface area is 159 Å². The predicted molar refractivity (Wildman–Crippen MR) is 107 cm³/mol. The van der Waals surface area contributed by atoms with Crippen LogP contribution >= 0.6 is 11.6 Å². The topological polar surface area (TPSA) is 41.1 Å². The molecule has 0 fully saturated rings. The standard InChI is InChI=1S/C22H23ClN2O/c1-13(2)24-22(26)19-8-4-7-18-16-5-3-6-17(16)20(25-21(18)19)14-9-11-15(23)12-10-14/h3-5,7-13,16-17,20,25H,6H2,1-2H3,(H,24,26). The van der Waals surface area contributed by atoms with Crippen LogP contribution in [-0.4, -0.2) is 11.9 Å². The molecule has 3 nitrogen and oxygen atoms in total. The van der Waals surface area contributed by atoms with Crippen LogP contribution in [0.15, 0.2) is 54.6 Å². The Morgan fingerprint density at radius 3 is 2.69 bits per heavy atom. The number of hydrogen-bond donors (Lipinski definition) is 2. The summed E-state index contributed by atoms with van der Waals surface area (Å²) in [6.07, 6.45) is 5.58. The van der Waals surface area contributed by atoms with Gasteiger partial charge in [-0.05, 0) is 55.5 Å². The van der Waals surface area contributed by atoms with Crippen molar-refractivity contribution < 1.29 is 4.79 Å². The second-order valence-electron chi connectivity index (χ2n) is 7.43. The fourth-order valence-corrected chi connectivity index (χ4v) is 4.28. The molecule has 0 saturated carbocycles. The molecule has 1 aliphatic heterocycles. The van der Waals surface area contributed by atoms with E-state index in [2.05, 4.69) is 41.0 Å². The Kier molecular flexibility index (Phi) is 4.49. The van der Waals surface area contributed by atoms with Gasteiger partial charge in [0.05, 0.1) is 17.3 Å². The average Bonchev–Trinajstić information content (AvgIpc) is 3.10. The van der Waals surface area contributed by atoms with Gasteiger partial charge in [0.1, 0.15) is 0 Å². The second-order valence-corrected chi connectivity index (χ2v) is 7.86. The fourth-order valence-electron chi connectivity index (χ4n) is 4.15. The molecule has 1 aliphatic carbocycles. The highest BCUT2D eigenvalue weighted by Crippen LogP contribution is 2.50. The number of hydrogen-bond acceptors (Lipinski definition) is 2. The maximum absolute atomic E-state index is 12.7. The molecule has 0 aromatic heterocycles. The smallest absolute Gasteiger partial charge is 0.253 e. The predicted octanol–water partition coefficient (Wildman–Crippen LogP) is 5.30. The van der Waals surface area contributed by atoms with Gasteiger partial charge in [-0.25, -0.2) is 0 Å². The van der Waals surface area contributed by atoms with Crippen molar-refractivity contribution in [1.82, 2.24) is 5.32 Å². The van der Waals surface area contributed by atoms with E-state index < -0.39 is 0 Å². The summed E-state index contributed by atoms with van der Waals surface area (Å²) in [4.78, 5) is 12.7. The van der Waals surface area contributed by atoms with E-state index in [1.807, 2.05) is 38.1 Å². The van der Waals surface area contributed by atoms with Crippen LogP contribution in [0.3, 0.4) is 0 Å². The summed E-state index contributed by atoms with van der Waals surface area (Å²) in [5, 5.41) is 7.44. The van der Waals surface area contributed by atoms with Gasteiger partial charge in [0.2, 0.25) is 0 Å². The first-order valence-electron chi connectivity index (χ1n) is 9.17. The summed E-state index contributed by atoms with van der Waals surface area (Å²) in [5.41, 5.74) is 4.09. The number of rotatable bonds is 3. The molecule has 0 spiro atoms. The van der Waals surface area contributed by atoms with Crippen molar-refractivity contribution in [3.63, 3.8) is 0 Å². The number of amides is 1. The van der Waals surface area contributed by atoms with Crippen molar-refractivity contribution in [2.75, 3.05) is 5.32 Å². The number of anilines is 1. The molecule has 2 N–H and O–H groups in total. The van der Waals surface area contributed by atoms with Crippen molar-refractivity contribution in [1.29, 1.82) is 0 Å². The lowest BCUT2D eigenvalue weighted by atomic mass is 9.76. The van der Waals surface area contributed by atoms with E-state index >= 15 is 0 Å². The first kappa shape index (κ1) is 17.2. The van der Waals surface area contributed by atoms with E-state index in [-0.39, 0.29) is 18.0 Å². The van der Waals surface area contributed by atoms with Gasteiger partial charge in [-0.2, -0.15) is 0 Å². The molecule has 0 radical (unpaired) electrons. The Balaban J connectivity index is 1.77. The van der Waals surface area contributed by atoms with E-state index in [1.165, 1.54) is 11.1 Å².